The highest BCUT2D eigenvalue weighted by molar-refractivity contribution is 6.42. The molecule has 1 aliphatic carbocycles. The fourth-order valence-electron chi connectivity index (χ4n) is 4.89. The van der Waals surface area contributed by atoms with Crippen molar-refractivity contribution in [1.82, 2.24) is 9.80 Å². The molecule has 0 aromatic heterocycles. The summed E-state index contributed by atoms with van der Waals surface area (Å²) in [5.74, 6) is 0.113. The molecule has 0 radical (unpaired) electrons. The quantitative estimate of drug-likeness (QED) is 0.713. The van der Waals surface area contributed by atoms with Crippen LogP contribution in [0.2, 0.25) is 10.0 Å². The van der Waals surface area contributed by atoms with Gasteiger partial charge in [0.2, 0.25) is 5.91 Å². The molecule has 1 aromatic rings. The normalized spacial score (nSPS) is 28.8. The molecule has 3 aliphatic rings. The highest BCUT2D eigenvalue weighted by Crippen LogP contribution is 2.53. The van der Waals surface area contributed by atoms with Gasteiger partial charge in [0, 0.05) is 44.8 Å². The molecule has 1 saturated carbocycles. The number of piperazine rings is 1. The molecule has 4 rings (SSSR count). The van der Waals surface area contributed by atoms with Crippen molar-refractivity contribution in [2.75, 3.05) is 37.6 Å². The second-order valence-corrected chi connectivity index (χ2v) is 9.87. The molecule has 8 heteroatoms. The first-order valence-corrected chi connectivity index (χ1v) is 11.7. The van der Waals surface area contributed by atoms with Gasteiger partial charge in [-0.1, -0.05) is 23.2 Å². The molecule has 6 nitrogen and oxygen atoms in total. The number of amides is 1. The minimum Gasteiger partial charge on any atom is -0.391 e. The summed E-state index contributed by atoms with van der Waals surface area (Å²) >= 11 is 12.2. The number of aliphatic hydroxyl groups excluding tert-OH is 2. The number of likely N-dealkylation sites (tertiary alicyclic amines) is 1. The van der Waals surface area contributed by atoms with Crippen molar-refractivity contribution in [3.8, 4) is 0 Å². The minimum absolute atomic E-state index is 0.0985. The number of carbonyl (C=O) groups is 1. The van der Waals surface area contributed by atoms with Crippen LogP contribution in [-0.4, -0.2) is 77.0 Å². The highest BCUT2D eigenvalue weighted by atomic mass is 35.5. The lowest BCUT2D eigenvalue weighted by Gasteiger charge is -2.45. The number of hydrogen-bond acceptors (Lipinski definition) is 5. The predicted molar refractivity (Wildman–Crippen MR) is 119 cm³/mol. The SMILES string of the molecule is CC1C(O)N(CCCC(=O)N2CCC3(CC3)C(O)C2)CCN1c1ccc(Cl)c(Cl)c1. The van der Waals surface area contributed by atoms with Crippen LogP contribution in [0.15, 0.2) is 18.2 Å². The molecule has 3 fully saturated rings. The topological polar surface area (TPSA) is 67.2 Å². The maximum atomic E-state index is 12.6. The Morgan fingerprint density at radius 3 is 2.57 bits per heavy atom. The fourth-order valence-corrected chi connectivity index (χ4v) is 5.18. The number of nitrogens with zero attached hydrogens (tertiary/aromatic N) is 3. The van der Waals surface area contributed by atoms with Crippen molar-refractivity contribution < 1.29 is 15.0 Å². The van der Waals surface area contributed by atoms with E-state index in [1.54, 1.807) is 6.07 Å². The average molecular weight is 456 g/mol. The van der Waals surface area contributed by atoms with E-state index >= 15 is 0 Å². The molecule has 0 bridgehead atoms. The molecule has 3 unspecified atom stereocenters. The maximum Gasteiger partial charge on any atom is 0.222 e. The minimum atomic E-state index is -0.616. The van der Waals surface area contributed by atoms with E-state index in [2.05, 4.69) is 4.90 Å². The molecular weight excluding hydrogens is 425 g/mol. The van der Waals surface area contributed by atoms with E-state index in [4.69, 9.17) is 23.2 Å². The molecule has 1 amide bonds. The first kappa shape index (κ1) is 22.2. The Kier molecular flexibility index (Phi) is 6.52. The third kappa shape index (κ3) is 4.44. The van der Waals surface area contributed by atoms with E-state index in [9.17, 15) is 15.0 Å². The molecule has 2 heterocycles. The van der Waals surface area contributed by atoms with Crippen molar-refractivity contribution in [2.24, 2.45) is 5.41 Å². The lowest BCUT2D eigenvalue weighted by atomic mass is 9.90. The van der Waals surface area contributed by atoms with Gasteiger partial charge in [0.05, 0.1) is 22.2 Å². The van der Waals surface area contributed by atoms with Crippen molar-refractivity contribution >= 4 is 34.8 Å². The Labute approximate surface area is 188 Å². The second kappa shape index (κ2) is 8.83. The van der Waals surface area contributed by atoms with Gasteiger partial charge in [0.25, 0.3) is 0 Å². The third-order valence-electron chi connectivity index (χ3n) is 7.22. The summed E-state index contributed by atoms with van der Waals surface area (Å²) in [4.78, 5) is 18.6. The first-order valence-electron chi connectivity index (χ1n) is 10.9. The molecule has 2 aliphatic heterocycles. The van der Waals surface area contributed by atoms with Crippen LogP contribution in [0.3, 0.4) is 0 Å². The summed E-state index contributed by atoms with van der Waals surface area (Å²) in [6.45, 7) is 5.38. The van der Waals surface area contributed by atoms with E-state index in [1.165, 1.54) is 0 Å². The summed E-state index contributed by atoms with van der Waals surface area (Å²) < 4.78 is 0. The number of hydrogen-bond donors (Lipinski definition) is 2. The van der Waals surface area contributed by atoms with Gasteiger partial charge < -0.3 is 20.0 Å². The highest BCUT2D eigenvalue weighted by Gasteiger charge is 2.51. The van der Waals surface area contributed by atoms with Gasteiger partial charge in [-0.3, -0.25) is 9.69 Å². The van der Waals surface area contributed by atoms with Gasteiger partial charge in [-0.25, -0.2) is 0 Å². The monoisotopic (exact) mass is 455 g/mol. The number of benzene rings is 1. The van der Waals surface area contributed by atoms with Crippen LogP contribution in [0.1, 0.15) is 39.0 Å². The third-order valence-corrected chi connectivity index (χ3v) is 7.96. The Morgan fingerprint density at radius 2 is 1.90 bits per heavy atom. The zero-order chi connectivity index (χ0) is 21.5. The molecule has 3 atom stereocenters. The molecular formula is C22H31Cl2N3O3. The van der Waals surface area contributed by atoms with Crippen molar-refractivity contribution in [2.45, 2.75) is 57.4 Å². The van der Waals surface area contributed by atoms with E-state index in [1.807, 2.05) is 28.9 Å². The zero-order valence-corrected chi connectivity index (χ0v) is 18.9. The molecule has 2 saturated heterocycles. The van der Waals surface area contributed by atoms with E-state index in [0.717, 1.165) is 38.0 Å². The number of rotatable bonds is 5. The van der Waals surface area contributed by atoms with Crippen LogP contribution < -0.4 is 4.90 Å². The van der Waals surface area contributed by atoms with Crippen LogP contribution in [-0.2, 0) is 4.79 Å². The summed E-state index contributed by atoms with van der Waals surface area (Å²) in [7, 11) is 0. The number of aliphatic hydroxyl groups is 2. The van der Waals surface area contributed by atoms with Crippen molar-refractivity contribution in [3.63, 3.8) is 0 Å². The first-order chi connectivity index (χ1) is 14.3. The van der Waals surface area contributed by atoms with Crippen LogP contribution in [0, 0.1) is 5.41 Å². The van der Waals surface area contributed by atoms with Crippen molar-refractivity contribution in [1.29, 1.82) is 0 Å². The lowest BCUT2D eigenvalue weighted by Crippen LogP contribution is -2.58. The van der Waals surface area contributed by atoms with E-state index < -0.39 is 6.23 Å². The number of piperidine rings is 1. The van der Waals surface area contributed by atoms with Gasteiger partial charge in [0.1, 0.15) is 6.23 Å². The Morgan fingerprint density at radius 1 is 1.13 bits per heavy atom. The summed E-state index contributed by atoms with van der Waals surface area (Å²) in [6.07, 6.45) is 3.29. The standard InChI is InChI=1S/C22H31Cl2N3O3/c1-15-21(30)25(11-12-27(15)16-4-5-17(23)18(24)13-16)9-2-3-20(29)26-10-8-22(6-7-22)19(28)14-26/h4-5,13,15,19,21,28,30H,2-3,6-12,14H2,1H3. The van der Waals surface area contributed by atoms with Gasteiger partial charge >= 0.3 is 0 Å². The Balaban J connectivity index is 1.25. The maximum absolute atomic E-state index is 12.6. The fraction of sp³-hybridized carbons (Fsp3) is 0.682. The summed E-state index contributed by atoms with van der Waals surface area (Å²) in [6, 6.07) is 5.43. The number of carbonyl (C=O) groups excluding carboxylic acids is 1. The molecule has 2 N–H and O–H groups in total. The zero-order valence-electron chi connectivity index (χ0n) is 17.4. The Bertz CT molecular complexity index is 789. The van der Waals surface area contributed by atoms with Crippen LogP contribution in [0.5, 0.6) is 0 Å². The van der Waals surface area contributed by atoms with E-state index in [0.29, 0.717) is 42.5 Å². The van der Waals surface area contributed by atoms with Crippen LogP contribution >= 0.6 is 23.2 Å². The van der Waals surface area contributed by atoms with Gasteiger partial charge in [0.15, 0.2) is 0 Å². The summed E-state index contributed by atoms with van der Waals surface area (Å²) in [5, 5.41) is 22.1. The second-order valence-electron chi connectivity index (χ2n) is 9.05. The van der Waals surface area contributed by atoms with Gasteiger partial charge in [-0.05, 0) is 56.2 Å². The van der Waals surface area contributed by atoms with Gasteiger partial charge in [-0.15, -0.1) is 0 Å². The number of β-amino-alcohol motifs (C(OH)–C–C–N with tert-alkyl or cyclic N) is 1. The molecule has 166 valence electrons. The number of halogens is 2. The average Bonchev–Trinajstić information content (AvgIpc) is 3.50. The largest absolute Gasteiger partial charge is 0.391 e. The molecule has 30 heavy (non-hydrogen) atoms. The predicted octanol–water partition coefficient (Wildman–Crippen LogP) is 2.98. The Hall–Kier alpha value is -1.05. The van der Waals surface area contributed by atoms with E-state index in [-0.39, 0.29) is 23.5 Å². The molecule has 1 aromatic carbocycles. The number of anilines is 1. The van der Waals surface area contributed by atoms with Crippen LogP contribution in [0.4, 0.5) is 5.69 Å². The van der Waals surface area contributed by atoms with Gasteiger partial charge in [-0.2, -0.15) is 0 Å². The summed E-state index contributed by atoms with van der Waals surface area (Å²) in [5.41, 5.74) is 1.06. The lowest BCUT2D eigenvalue weighted by molar-refractivity contribution is -0.136. The van der Waals surface area contributed by atoms with Crippen molar-refractivity contribution in [3.05, 3.63) is 28.2 Å². The molecule has 1 spiro atoms. The smallest absolute Gasteiger partial charge is 0.222 e. The van der Waals surface area contributed by atoms with Crippen LogP contribution in [0.25, 0.3) is 0 Å².